The van der Waals surface area contributed by atoms with Crippen LogP contribution in [0.5, 0.6) is 0 Å². The monoisotopic (exact) mass is 930 g/mol. The van der Waals surface area contributed by atoms with Crippen LogP contribution in [0.25, 0.3) is 22.6 Å². The number of aromatic nitrogens is 6. The lowest BCUT2D eigenvalue weighted by Crippen LogP contribution is -2.50. The number of fused-ring (bicyclic) bond motifs is 8. The molecule has 4 aliphatic rings. The average molecular weight is 932 g/mol. The van der Waals surface area contributed by atoms with Crippen LogP contribution in [-0.4, -0.2) is 63.4 Å². The van der Waals surface area contributed by atoms with E-state index in [2.05, 4.69) is 10.1 Å². The van der Waals surface area contributed by atoms with Gasteiger partial charge in [0.25, 0.3) is 11.8 Å². The van der Waals surface area contributed by atoms with E-state index in [1.807, 2.05) is 24.9 Å². The van der Waals surface area contributed by atoms with Crippen LogP contribution in [0.1, 0.15) is 111 Å². The number of carbonyl (C=O) groups excluding carboxylic acids is 2. The molecule has 0 spiro atoms. The molecule has 10 nitrogen and oxygen atoms in total. The number of nitrogens with zero attached hydrogens (tertiary/aromatic N) is 8. The predicted molar refractivity (Wildman–Crippen MR) is 235 cm³/mol. The lowest BCUT2D eigenvalue weighted by Gasteiger charge is -2.46. The van der Waals surface area contributed by atoms with Crippen molar-refractivity contribution in [2.75, 3.05) is 0 Å². The van der Waals surface area contributed by atoms with Crippen molar-refractivity contribution in [3.63, 3.8) is 0 Å². The lowest BCUT2D eigenvalue weighted by molar-refractivity contribution is -0.137. The number of rotatable bonds is 4. The number of hydrogen-bond acceptors (Lipinski definition) is 7. The molecular weight excluding hydrogens is 891 g/mol. The van der Waals surface area contributed by atoms with Crippen molar-refractivity contribution < 1.29 is 27.2 Å². The van der Waals surface area contributed by atoms with Crippen LogP contribution in [0.2, 0.25) is 15.1 Å². The van der Waals surface area contributed by atoms with E-state index < -0.39 is 22.7 Å². The molecule has 2 saturated heterocycles. The summed E-state index contributed by atoms with van der Waals surface area (Å²) in [6.45, 7) is 3.65. The second-order valence-corrected chi connectivity index (χ2v) is 17.8. The van der Waals surface area contributed by atoms with E-state index in [1.165, 1.54) is 24.3 Å². The van der Waals surface area contributed by atoms with E-state index in [1.54, 1.807) is 53.0 Å². The van der Waals surface area contributed by atoms with Crippen LogP contribution in [-0.2, 0) is 26.1 Å². The molecule has 0 saturated carbocycles. The summed E-state index contributed by atoms with van der Waals surface area (Å²) in [5, 5.41) is 4.34. The SMILES string of the molecule is Cc1nc(-c2ccc(F)cc2)c2c(n1)[C@H]1CCC[C@@H](C2)N1C(=O)c1cccc(Cl)c1Cl.Cc1nc(-c2ccnn2C)c2c(n1)[C@H]1CCC[C@@H](C2)N1C(=O)c1cccc(C(F)(F)F)c1Cl. The number of amides is 2. The third kappa shape index (κ3) is 7.91. The average Bonchev–Trinajstić information content (AvgIpc) is 3.69. The minimum Gasteiger partial charge on any atom is -0.327 e. The highest BCUT2D eigenvalue weighted by atomic mass is 35.5. The molecule has 2 fully saturated rings. The largest absolute Gasteiger partial charge is 0.417 e. The Morgan fingerprint density at radius 3 is 1.75 bits per heavy atom. The predicted octanol–water partition coefficient (Wildman–Crippen LogP) is 11.3. The second-order valence-electron chi connectivity index (χ2n) is 16.6. The first-order valence-electron chi connectivity index (χ1n) is 21.0. The van der Waals surface area contributed by atoms with Gasteiger partial charge in [-0.1, -0.05) is 46.9 Å². The Bertz CT molecular complexity index is 2820. The first-order chi connectivity index (χ1) is 30.6. The van der Waals surface area contributed by atoms with Crippen molar-refractivity contribution in [2.24, 2.45) is 7.05 Å². The number of benzene rings is 3. The van der Waals surface area contributed by atoms with Crippen molar-refractivity contribution in [1.82, 2.24) is 39.5 Å². The Labute approximate surface area is 381 Å². The van der Waals surface area contributed by atoms with Gasteiger partial charge in [0.15, 0.2) is 0 Å². The zero-order valence-corrected chi connectivity index (χ0v) is 37.2. The van der Waals surface area contributed by atoms with Crippen molar-refractivity contribution >= 4 is 46.6 Å². The van der Waals surface area contributed by atoms with Gasteiger partial charge >= 0.3 is 6.18 Å². The first kappa shape index (κ1) is 43.8. The molecular formula is C47H41Cl3F4N8O2. The van der Waals surface area contributed by atoms with Crippen molar-refractivity contribution in [2.45, 2.75) is 95.6 Å². The molecule has 0 N–H and O–H groups in total. The molecule has 330 valence electrons. The Morgan fingerprint density at radius 1 is 0.672 bits per heavy atom. The van der Waals surface area contributed by atoms with Gasteiger partial charge in [-0.15, -0.1) is 0 Å². The summed E-state index contributed by atoms with van der Waals surface area (Å²) in [5.41, 5.74) is 6.27. The van der Waals surface area contributed by atoms with Crippen LogP contribution in [0.15, 0.2) is 72.9 Å². The summed E-state index contributed by atoms with van der Waals surface area (Å²) in [7, 11) is 1.84. The molecule has 2 amide bonds. The molecule has 3 aromatic carbocycles. The third-order valence-corrected chi connectivity index (χ3v) is 13.9. The van der Waals surface area contributed by atoms with E-state index in [4.69, 9.17) is 49.8 Å². The molecule has 0 radical (unpaired) electrons. The van der Waals surface area contributed by atoms with Crippen LogP contribution < -0.4 is 0 Å². The van der Waals surface area contributed by atoms with Crippen LogP contribution in [0, 0.1) is 19.7 Å². The fourth-order valence-corrected chi connectivity index (χ4v) is 10.6. The summed E-state index contributed by atoms with van der Waals surface area (Å²) in [6, 6.07) is 16.2. The molecule has 6 aromatic rings. The highest BCUT2D eigenvalue weighted by Crippen LogP contribution is 2.47. The second kappa shape index (κ2) is 17.2. The van der Waals surface area contributed by atoms with Gasteiger partial charge in [-0.3, -0.25) is 14.3 Å². The minimum atomic E-state index is -4.64. The summed E-state index contributed by atoms with van der Waals surface area (Å²) < 4.78 is 55.4. The van der Waals surface area contributed by atoms with E-state index in [0.29, 0.717) is 41.5 Å². The quantitative estimate of drug-likeness (QED) is 0.162. The summed E-state index contributed by atoms with van der Waals surface area (Å²) in [4.78, 5) is 49.6. The Kier molecular flexibility index (Phi) is 11.7. The Morgan fingerprint density at radius 2 is 1.20 bits per heavy atom. The van der Waals surface area contributed by atoms with Crippen LogP contribution in [0.3, 0.4) is 0 Å². The Hall–Kier alpha value is -5.44. The molecule has 7 heterocycles. The molecule has 4 atom stereocenters. The smallest absolute Gasteiger partial charge is 0.327 e. The number of piperidine rings is 2. The number of alkyl halides is 3. The summed E-state index contributed by atoms with van der Waals surface area (Å²) in [5.74, 6) is 0.307. The molecule has 17 heteroatoms. The molecule has 10 rings (SSSR count). The minimum absolute atomic E-state index is 0.0271. The number of carbonyl (C=O) groups is 2. The molecule has 4 bridgehead atoms. The van der Waals surface area contributed by atoms with Gasteiger partial charge in [0.1, 0.15) is 17.5 Å². The zero-order chi connectivity index (χ0) is 45.2. The highest BCUT2D eigenvalue weighted by molar-refractivity contribution is 6.43. The maximum atomic E-state index is 13.6. The summed E-state index contributed by atoms with van der Waals surface area (Å²) >= 11 is 18.6. The molecule has 0 aliphatic carbocycles. The van der Waals surface area contributed by atoms with Gasteiger partial charge in [-0.05, 0) is 120 Å². The summed E-state index contributed by atoms with van der Waals surface area (Å²) in [6.07, 6.45) is 3.31. The van der Waals surface area contributed by atoms with Crippen molar-refractivity contribution in [1.29, 1.82) is 0 Å². The third-order valence-electron chi connectivity index (χ3n) is 12.7. The molecule has 0 unspecified atom stereocenters. The van der Waals surface area contributed by atoms with Gasteiger partial charge in [0.05, 0.1) is 72.3 Å². The first-order valence-corrected chi connectivity index (χ1v) is 22.2. The molecule has 4 aliphatic heterocycles. The van der Waals surface area contributed by atoms with Crippen molar-refractivity contribution in [3.8, 4) is 22.6 Å². The molecule has 3 aromatic heterocycles. The zero-order valence-electron chi connectivity index (χ0n) is 34.9. The fraction of sp³-hybridized carbons (Fsp3) is 0.340. The van der Waals surface area contributed by atoms with Gasteiger partial charge in [-0.2, -0.15) is 18.3 Å². The van der Waals surface area contributed by atoms with E-state index in [9.17, 15) is 27.2 Å². The normalized spacial score (nSPS) is 19.9. The standard InChI is InChI=1S/C24H20Cl2FN3O.C23H21ClF3N5O/c1-13-28-22(14-8-10-15(27)11-9-14)18-12-16-4-2-7-20(23(18)29-13)30(16)24(31)17-5-3-6-19(25)21(17)26;1-12-29-20(17-9-10-28-31(17)2)15-11-13-5-3-8-18(21(15)30-12)32(13)22(33)14-6-4-7-16(19(14)24)23(25,26)27/h3,5-6,8-11,16,20H,2,4,7,12H2,1H3;4,6-7,9-10,13,18H,3,5,8,11H2,1-2H3/t16-,20+;13-,18+/m00/s1. The van der Waals surface area contributed by atoms with E-state index >= 15 is 0 Å². The van der Waals surface area contributed by atoms with Gasteiger partial charge in [0.2, 0.25) is 0 Å². The fourth-order valence-electron chi connectivity index (χ4n) is 9.90. The van der Waals surface area contributed by atoms with Crippen LogP contribution >= 0.6 is 34.8 Å². The van der Waals surface area contributed by atoms with Gasteiger partial charge < -0.3 is 9.80 Å². The van der Waals surface area contributed by atoms with Crippen LogP contribution in [0.4, 0.5) is 17.6 Å². The Balaban J connectivity index is 0.000000162. The maximum Gasteiger partial charge on any atom is 0.417 e. The van der Waals surface area contributed by atoms with E-state index in [0.717, 1.165) is 83.3 Å². The van der Waals surface area contributed by atoms with Gasteiger partial charge in [0, 0.05) is 42.0 Å². The topological polar surface area (TPSA) is 110 Å². The lowest BCUT2D eigenvalue weighted by atomic mass is 9.80. The molecule has 64 heavy (non-hydrogen) atoms. The van der Waals surface area contributed by atoms with E-state index in [-0.39, 0.29) is 46.5 Å². The van der Waals surface area contributed by atoms with Gasteiger partial charge in [-0.25, -0.2) is 24.3 Å². The number of halogens is 7. The highest BCUT2D eigenvalue weighted by Gasteiger charge is 2.45. The van der Waals surface area contributed by atoms with Crippen molar-refractivity contribution in [3.05, 3.63) is 145 Å². The maximum absolute atomic E-state index is 13.6. The number of aryl methyl sites for hydroxylation is 3. The number of hydrogen-bond donors (Lipinski definition) is 0.